The third kappa shape index (κ3) is 3.84. The van der Waals surface area contributed by atoms with E-state index in [0.29, 0.717) is 6.29 Å². The van der Waals surface area contributed by atoms with Crippen LogP contribution in [-0.4, -0.2) is 68.8 Å². The summed E-state index contributed by atoms with van der Waals surface area (Å²) >= 11 is 0. The molecule has 0 bridgehead atoms. The Kier molecular flexibility index (Phi) is 4.98. The first-order valence-corrected chi connectivity index (χ1v) is 4.12. The highest BCUT2D eigenvalue weighted by Gasteiger charge is 2.34. The molecule has 0 aliphatic rings. The molecule has 0 saturated carbocycles. The maximum atomic E-state index is 10.8. The largest absolute Gasteiger partial charge is 0.394 e. The molecule has 15 heavy (non-hydrogen) atoms. The minimum Gasteiger partial charge on any atom is -0.394 e. The van der Waals surface area contributed by atoms with Crippen molar-refractivity contribution in [1.29, 1.82) is 0 Å². The zero-order valence-electron chi connectivity index (χ0n) is 11.2. The van der Waals surface area contributed by atoms with Crippen molar-refractivity contribution in [3.05, 3.63) is 0 Å². The van der Waals surface area contributed by atoms with E-state index in [0.717, 1.165) is 0 Å². The number of methoxy groups -OCH3 is 3. The van der Waals surface area contributed by atoms with Gasteiger partial charge in [0, 0.05) is 21.3 Å². The van der Waals surface area contributed by atoms with E-state index in [9.17, 15) is 9.90 Å². The number of aliphatic hydroxyl groups excluding tert-OH is 2. The molecule has 6 nitrogen and oxygen atoms in total. The lowest BCUT2D eigenvalue weighted by Crippen LogP contribution is -2.49. The molecule has 90 valence electrons. The third-order valence-electron chi connectivity index (χ3n) is 1.93. The fourth-order valence-corrected chi connectivity index (χ4v) is 1.12. The van der Waals surface area contributed by atoms with Gasteiger partial charge in [-0.3, -0.25) is 0 Å². The zero-order valence-corrected chi connectivity index (χ0v) is 8.24. The van der Waals surface area contributed by atoms with Crippen LogP contribution in [0.2, 0.25) is 0 Å². The molecule has 0 aromatic rings. The van der Waals surface area contributed by atoms with E-state index in [2.05, 4.69) is 0 Å². The standard InChI is InChI=1S/C9H18O6/c1-13-7(5-11)9(15-3)8(14-2)6(12)4-10/h5-10,12H,4H2,1-3H3/t6-,7-,8-,9-/m1/s1/i1D,2D,3D. The second-order valence-corrected chi connectivity index (χ2v) is 2.78. The third-order valence-corrected chi connectivity index (χ3v) is 1.93. The predicted molar refractivity (Wildman–Crippen MR) is 51.5 cm³/mol. The first-order chi connectivity index (χ1) is 8.65. The van der Waals surface area contributed by atoms with Crippen molar-refractivity contribution in [1.82, 2.24) is 0 Å². The van der Waals surface area contributed by atoms with E-state index in [1.54, 1.807) is 0 Å². The minimum absolute atomic E-state index is 0.360. The molecule has 0 rings (SSSR count). The number of aliphatic hydroxyl groups is 2. The van der Waals surface area contributed by atoms with Gasteiger partial charge >= 0.3 is 0 Å². The van der Waals surface area contributed by atoms with Crippen LogP contribution in [0.1, 0.15) is 4.11 Å². The van der Waals surface area contributed by atoms with Gasteiger partial charge in [-0.2, -0.15) is 0 Å². The Morgan fingerprint density at radius 2 is 1.87 bits per heavy atom. The Morgan fingerprint density at radius 3 is 2.33 bits per heavy atom. The SMILES string of the molecule is [2H]CO[C@@H]([C@H](OC[2H])[C@@H](C=O)OC[2H])[C@H](O)CO. The van der Waals surface area contributed by atoms with Crippen LogP contribution in [0.25, 0.3) is 0 Å². The Labute approximate surface area is 93.0 Å². The highest BCUT2D eigenvalue weighted by Crippen LogP contribution is 2.12. The van der Waals surface area contributed by atoms with Crippen molar-refractivity contribution < 1.29 is 33.3 Å². The summed E-state index contributed by atoms with van der Waals surface area (Å²) in [4.78, 5) is 10.8. The van der Waals surface area contributed by atoms with E-state index in [4.69, 9.17) is 23.4 Å². The van der Waals surface area contributed by atoms with Crippen LogP contribution in [0.15, 0.2) is 0 Å². The summed E-state index contributed by atoms with van der Waals surface area (Å²) in [5.41, 5.74) is 0. The van der Waals surface area contributed by atoms with Crippen molar-refractivity contribution in [2.75, 3.05) is 27.9 Å². The van der Waals surface area contributed by atoms with Crippen molar-refractivity contribution in [3.8, 4) is 0 Å². The summed E-state index contributed by atoms with van der Waals surface area (Å²) in [6, 6.07) is 0. The molecule has 0 aliphatic carbocycles. The minimum atomic E-state index is -1.39. The van der Waals surface area contributed by atoms with Crippen LogP contribution in [0.4, 0.5) is 0 Å². The normalized spacial score (nSPS) is 21.9. The van der Waals surface area contributed by atoms with Gasteiger partial charge in [0.25, 0.3) is 0 Å². The average Bonchev–Trinajstić information content (AvgIpc) is 2.39. The number of carbonyl (C=O) groups is 1. The van der Waals surface area contributed by atoms with Gasteiger partial charge < -0.3 is 29.2 Å². The van der Waals surface area contributed by atoms with E-state index < -0.39 is 52.3 Å². The number of carbonyl (C=O) groups excluding carboxylic acids is 1. The lowest BCUT2D eigenvalue weighted by molar-refractivity contribution is -0.155. The summed E-state index contributed by atoms with van der Waals surface area (Å²) in [5, 5.41) is 18.4. The lowest BCUT2D eigenvalue weighted by Gasteiger charge is -2.30. The number of aldehydes is 1. The maximum Gasteiger partial charge on any atom is 0.151 e. The summed E-state index contributed by atoms with van der Waals surface area (Å²) < 4.78 is 35.4. The molecule has 0 spiro atoms. The van der Waals surface area contributed by atoms with Crippen LogP contribution in [0, 0.1) is 0 Å². The molecule has 2 N–H and O–H groups in total. The molecule has 4 atom stereocenters. The Morgan fingerprint density at radius 1 is 1.27 bits per heavy atom. The van der Waals surface area contributed by atoms with Crippen LogP contribution < -0.4 is 0 Å². The molecule has 0 aromatic heterocycles. The van der Waals surface area contributed by atoms with E-state index in [1.165, 1.54) is 0 Å². The van der Waals surface area contributed by atoms with Gasteiger partial charge in [-0.1, -0.05) is 0 Å². The van der Waals surface area contributed by atoms with Crippen LogP contribution in [0.5, 0.6) is 0 Å². The van der Waals surface area contributed by atoms with Crippen LogP contribution in [0.3, 0.4) is 0 Å². The lowest BCUT2D eigenvalue weighted by atomic mass is 10.0. The first-order valence-electron chi connectivity index (χ1n) is 6.25. The smallest absolute Gasteiger partial charge is 0.151 e. The number of hydrogen-bond donors (Lipinski definition) is 2. The van der Waals surface area contributed by atoms with Crippen molar-refractivity contribution in [2.45, 2.75) is 24.4 Å². The highest BCUT2D eigenvalue weighted by molar-refractivity contribution is 5.57. The van der Waals surface area contributed by atoms with Gasteiger partial charge in [0.2, 0.25) is 0 Å². The number of hydrogen-bond acceptors (Lipinski definition) is 6. The maximum absolute atomic E-state index is 10.8. The van der Waals surface area contributed by atoms with E-state index in [1.807, 2.05) is 0 Å². The molecule has 0 fully saturated rings. The molecule has 0 aromatic carbocycles. The van der Waals surface area contributed by atoms with Gasteiger partial charge in [0.1, 0.15) is 24.4 Å². The highest BCUT2D eigenvalue weighted by atomic mass is 16.6. The average molecular weight is 225 g/mol. The number of ether oxygens (including phenoxy) is 3. The molecular formula is C9H18O6. The van der Waals surface area contributed by atoms with Gasteiger partial charge in [0.05, 0.1) is 10.7 Å². The van der Waals surface area contributed by atoms with Crippen LogP contribution in [-0.2, 0) is 19.0 Å². The number of rotatable bonds is 8. The quantitative estimate of drug-likeness (QED) is 0.493. The molecule has 0 saturated heterocycles. The van der Waals surface area contributed by atoms with Crippen molar-refractivity contribution >= 4 is 6.29 Å². The summed E-state index contributed by atoms with van der Waals surface area (Å²) in [6.45, 7) is -0.658. The molecular weight excluding hydrogens is 204 g/mol. The molecule has 6 heteroatoms. The zero-order chi connectivity index (χ0) is 14.0. The van der Waals surface area contributed by atoms with E-state index in [-0.39, 0.29) is 0 Å². The van der Waals surface area contributed by atoms with Crippen molar-refractivity contribution in [2.24, 2.45) is 0 Å². The van der Waals surface area contributed by atoms with E-state index >= 15 is 0 Å². The molecule has 0 unspecified atom stereocenters. The molecule has 0 radical (unpaired) electrons. The van der Waals surface area contributed by atoms with Gasteiger partial charge in [0.15, 0.2) is 6.29 Å². The monoisotopic (exact) mass is 225 g/mol. The van der Waals surface area contributed by atoms with Gasteiger partial charge in [-0.25, -0.2) is 0 Å². The molecule has 0 amide bonds. The van der Waals surface area contributed by atoms with Gasteiger partial charge in [-0.15, -0.1) is 0 Å². The summed E-state index contributed by atoms with van der Waals surface area (Å²) in [6.07, 6.45) is -4.61. The second kappa shape index (κ2) is 7.72. The van der Waals surface area contributed by atoms with Gasteiger partial charge in [-0.05, 0) is 0 Å². The topological polar surface area (TPSA) is 85.2 Å². The summed E-state index contributed by atoms with van der Waals surface area (Å²) in [7, 11) is -1.55. The Balaban J connectivity index is 4.91. The fourth-order valence-electron chi connectivity index (χ4n) is 1.12. The summed E-state index contributed by atoms with van der Waals surface area (Å²) in [5.74, 6) is 0. The fraction of sp³-hybridized carbons (Fsp3) is 0.889. The molecule has 0 heterocycles. The van der Waals surface area contributed by atoms with Crippen LogP contribution >= 0.6 is 0 Å². The second-order valence-electron chi connectivity index (χ2n) is 2.78. The van der Waals surface area contributed by atoms with Crippen molar-refractivity contribution in [3.63, 3.8) is 0 Å². The Bertz CT molecular complexity index is 220. The first kappa shape index (κ1) is 9.68. The predicted octanol–water partition coefficient (Wildman–Crippen LogP) is -1.42. The molecule has 0 aliphatic heterocycles. The Hall–Kier alpha value is -0.530.